The van der Waals surface area contributed by atoms with Crippen LogP contribution in [0.15, 0.2) is 71.5 Å². The Labute approximate surface area is 165 Å². The van der Waals surface area contributed by atoms with Gasteiger partial charge < -0.3 is 9.30 Å². The van der Waals surface area contributed by atoms with E-state index in [0.29, 0.717) is 27.4 Å². The van der Waals surface area contributed by atoms with Gasteiger partial charge in [-0.1, -0.05) is 35.9 Å². The molecule has 5 nitrogen and oxygen atoms in total. The molecule has 0 N–H and O–H groups in total. The van der Waals surface area contributed by atoms with Gasteiger partial charge in [0.2, 0.25) is 0 Å². The van der Waals surface area contributed by atoms with Crippen LogP contribution in [0.25, 0.3) is 21.8 Å². The highest BCUT2D eigenvalue weighted by molar-refractivity contribution is 6.32. The van der Waals surface area contributed by atoms with Gasteiger partial charge in [0, 0.05) is 10.8 Å². The summed E-state index contributed by atoms with van der Waals surface area (Å²) in [6.45, 7) is -0.0996. The molecular formula is C22H13ClN2O3. The van der Waals surface area contributed by atoms with Gasteiger partial charge in [-0.3, -0.25) is 4.79 Å². The molecule has 0 unspecified atom stereocenters. The molecule has 0 saturated heterocycles. The van der Waals surface area contributed by atoms with E-state index < -0.39 is 5.97 Å². The molecule has 136 valence electrons. The molecule has 0 radical (unpaired) electrons. The summed E-state index contributed by atoms with van der Waals surface area (Å²) < 4.78 is 7.15. The number of esters is 1. The fraction of sp³-hybridized carbons (Fsp3) is 0.0455. The highest BCUT2D eigenvalue weighted by Gasteiger charge is 2.15. The number of fused-ring (bicyclic) bond motifs is 2. The predicted octanol–water partition coefficient (Wildman–Crippen LogP) is 4.29. The third-order valence-corrected chi connectivity index (χ3v) is 4.75. The van der Waals surface area contributed by atoms with Crippen LogP contribution in [0.2, 0.25) is 5.02 Å². The molecular weight excluding hydrogens is 376 g/mol. The monoisotopic (exact) mass is 388 g/mol. The lowest BCUT2D eigenvalue weighted by Crippen LogP contribution is -2.20. The molecule has 0 aliphatic heterocycles. The lowest BCUT2D eigenvalue weighted by atomic mass is 10.1. The van der Waals surface area contributed by atoms with Crippen LogP contribution in [0.5, 0.6) is 5.75 Å². The van der Waals surface area contributed by atoms with Crippen molar-refractivity contribution in [1.82, 2.24) is 4.57 Å². The lowest BCUT2D eigenvalue weighted by molar-refractivity contribution is -0.134. The number of nitriles is 1. The molecule has 0 bridgehead atoms. The normalized spacial score (nSPS) is 10.7. The van der Waals surface area contributed by atoms with Crippen LogP contribution in [-0.4, -0.2) is 10.5 Å². The molecule has 0 aliphatic carbocycles. The number of carbonyl (C=O) groups is 1. The summed E-state index contributed by atoms with van der Waals surface area (Å²) in [5, 5.41) is 10.2. The summed E-state index contributed by atoms with van der Waals surface area (Å²) in [5.74, 6) is -0.356. The van der Waals surface area contributed by atoms with Gasteiger partial charge in [-0.15, -0.1) is 0 Å². The number of benzene rings is 3. The molecule has 0 fully saturated rings. The second-order valence-corrected chi connectivity index (χ2v) is 6.59. The minimum atomic E-state index is -0.537. The van der Waals surface area contributed by atoms with Gasteiger partial charge in [-0.25, -0.2) is 4.79 Å². The topological polar surface area (TPSA) is 72.1 Å². The molecule has 28 heavy (non-hydrogen) atoms. The Hall–Kier alpha value is -3.62. The molecule has 0 aliphatic rings. The molecule has 0 spiro atoms. The molecule has 4 rings (SSSR count). The molecule has 0 atom stereocenters. The van der Waals surface area contributed by atoms with Gasteiger partial charge in [0.25, 0.3) is 0 Å². The van der Waals surface area contributed by atoms with Crippen LogP contribution in [-0.2, 0) is 11.3 Å². The zero-order valence-corrected chi connectivity index (χ0v) is 15.3. The summed E-state index contributed by atoms with van der Waals surface area (Å²) in [6.07, 6.45) is 0. The van der Waals surface area contributed by atoms with Crippen LogP contribution in [0.1, 0.15) is 5.56 Å². The van der Waals surface area contributed by atoms with Crippen molar-refractivity contribution in [2.45, 2.75) is 6.54 Å². The second-order valence-electron chi connectivity index (χ2n) is 6.18. The Morgan fingerprint density at radius 2 is 1.61 bits per heavy atom. The van der Waals surface area contributed by atoms with E-state index in [1.54, 1.807) is 41.0 Å². The van der Waals surface area contributed by atoms with E-state index in [4.69, 9.17) is 21.6 Å². The molecule has 4 aromatic rings. The van der Waals surface area contributed by atoms with Crippen molar-refractivity contribution >= 4 is 39.4 Å². The van der Waals surface area contributed by atoms with Crippen molar-refractivity contribution in [3.63, 3.8) is 0 Å². The number of carbonyl (C=O) groups excluding carboxylic acids is 1. The number of ether oxygens (including phenoxy) is 1. The standard InChI is InChI=1S/C22H13ClN2O3/c23-17-11-14(12-24)9-10-20(17)28-21(26)13-25-18-7-3-1-5-15(18)22(27)16-6-2-4-8-19(16)25/h1-11H,13H2. The maximum Gasteiger partial charge on any atom is 0.331 e. The molecule has 0 amide bonds. The Balaban J connectivity index is 1.77. The average Bonchev–Trinajstić information content (AvgIpc) is 2.72. The number of halogens is 1. The van der Waals surface area contributed by atoms with E-state index in [1.165, 1.54) is 18.2 Å². The van der Waals surface area contributed by atoms with Gasteiger partial charge in [0.1, 0.15) is 12.3 Å². The number of rotatable bonds is 3. The predicted molar refractivity (Wildman–Crippen MR) is 108 cm³/mol. The third-order valence-electron chi connectivity index (χ3n) is 4.45. The number of pyridine rings is 1. The van der Waals surface area contributed by atoms with Crippen LogP contribution >= 0.6 is 11.6 Å². The summed E-state index contributed by atoms with van der Waals surface area (Å²) in [6, 6.07) is 20.7. The molecule has 1 heterocycles. The Bertz CT molecular complexity index is 1280. The number of hydrogen-bond donors (Lipinski definition) is 0. The summed E-state index contributed by atoms with van der Waals surface area (Å²) in [5.41, 5.74) is 1.59. The Kier molecular flexibility index (Phi) is 4.56. The van der Waals surface area contributed by atoms with Gasteiger partial charge >= 0.3 is 5.97 Å². The van der Waals surface area contributed by atoms with E-state index in [1.807, 2.05) is 18.2 Å². The first-order valence-electron chi connectivity index (χ1n) is 8.49. The van der Waals surface area contributed by atoms with Gasteiger partial charge in [0.05, 0.1) is 27.7 Å². The first-order chi connectivity index (χ1) is 13.6. The molecule has 6 heteroatoms. The van der Waals surface area contributed by atoms with Gasteiger partial charge in [0.15, 0.2) is 5.43 Å². The number of aromatic nitrogens is 1. The van der Waals surface area contributed by atoms with Gasteiger partial charge in [-0.2, -0.15) is 5.26 Å². The van der Waals surface area contributed by atoms with Crippen molar-refractivity contribution in [1.29, 1.82) is 5.26 Å². The zero-order chi connectivity index (χ0) is 19.7. The second kappa shape index (κ2) is 7.18. The minimum absolute atomic E-state index is 0.0778. The van der Waals surface area contributed by atoms with Crippen LogP contribution in [0.3, 0.4) is 0 Å². The number of nitrogens with zero attached hydrogens (tertiary/aromatic N) is 2. The SMILES string of the molecule is N#Cc1ccc(OC(=O)Cn2c3ccccc3c(=O)c3ccccc32)c(Cl)c1. The average molecular weight is 389 g/mol. The summed E-state index contributed by atoms with van der Waals surface area (Å²) in [4.78, 5) is 25.4. The van der Waals surface area contributed by atoms with Crippen molar-refractivity contribution in [3.05, 3.63) is 87.5 Å². The van der Waals surface area contributed by atoms with Crippen molar-refractivity contribution in [2.75, 3.05) is 0 Å². The zero-order valence-electron chi connectivity index (χ0n) is 14.6. The fourth-order valence-electron chi connectivity index (χ4n) is 3.18. The maximum atomic E-state index is 12.7. The molecule has 0 saturated carbocycles. The summed E-state index contributed by atoms with van der Waals surface area (Å²) >= 11 is 6.09. The van der Waals surface area contributed by atoms with Gasteiger partial charge in [-0.05, 0) is 42.5 Å². The van der Waals surface area contributed by atoms with E-state index in [0.717, 1.165) is 0 Å². The Morgan fingerprint density at radius 3 is 2.18 bits per heavy atom. The maximum absolute atomic E-state index is 12.7. The van der Waals surface area contributed by atoms with Crippen molar-refractivity contribution < 1.29 is 9.53 Å². The van der Waals surface area contributed by atoms with Crippen LogP contribution < -0.4 is 10.2 Å². The van der Waals surface area contributed by atoms with Crippen LogP contribution in [0, 0.1) is 11.3 Å². The highest BCUT2D eigenvalue weighted by atomic mass is 35.5. The quantitative estimate of drug-likeness (QED) is 0.298. The largest absolute Gasteiger partial charge is 0.424 e. The Morgan fingerprint density at radius 1 is 1.00 bits per heavy atom. The highest BCUT2D eigenvalue weighted by Crippen LogP contribution is 2.26. The minimum Gasteiger partial charge on any atom is -0.424 e. The first-order valence-corrected chi connectivity index (χ1v) is 8.87. The van der Waals surface area contributed by atoms with Crippen LogP contribution in [0.4, 0.5) is 0 Å². The number of hydrogen-bond acceptors (Lipinski definition) is 4. The van der Waals surface area contributed by atoms with Crippen molar-refractivity contribution in [2.24, 2.45) is 0 Å². The van der Waals surface area contributed by atoms with Crippen molar-refractivity contribution in [3.8, 4) is 11.8 Å². The molecule has 3 aromatic carbocycles. The third kappa shape index (κ3) is 3.11. The van der Waals surface area contributed by atoms with E-state index in [9.17, 15) is 9.59 Å². The molecule has 1 aromatic heterocycles. The first kappa shape index (κ1) is 17.8. The van der Waals surface area contributed by atoms with E-state index in [-0.39, 0.29) is 22.7 Å². The smallest absolute Gasteiger partial charge is 0.331 e. The fourth-order valence-corrected chi connectivity index (χ4v) is 3.40. The van der Waals surface area contributed by atoms with E-state index >= 15 is 0 Å². The number of para-hydroxylation sites is 2. The lowest BCUT2D eigenvalue weighted by Gasteiger charge is -2.15. The van der Waals surface area contributed by atoms with E-state index in [2.05, 4.69) is 0 Å². The summed E-state index contributed by atoms with van der Waals surface area (Å²) in [7, 11) is 0.